The minimum atomic E-state index is -0.350. The van der Waals surface area contributed by atoms with Crippen molar-refractivity contribution in [3.8, 4) is 5.75 Å². The quantitative estimate of drug-likeness (QED) is 0.131. The first-order valence-corrected chi connectivity index (χ1v) is 11.4. The zero-order valence-electron chi connectivity index (χ0n) is 15.5. The summed E-state index contributed by atoms with van der Waals surface area (Å²) in [6.45, 7) is 0. The van der Waals surface area contributed by atoms with Crippen LogP contribution in [0.25, 0.3) is 0 Å². The number of carbonyl (C=O) groups excluding carboxylic acids is 1. The number of benzene rings is 4. The van der Waals surface area contributed by atoms with Crippen LogP contribution in [0, 0.1) is 3.57 Å². The third-order valence-corrected chi connectivity index (χ3v) is 7.26. The van der Waals surface area contributed by atoms with Crippen molar-refractivity contribution in [1.29, 1.82) is 0 Å². The van der Waals surface area contributed by atoms with Crippen LogP contribution in [0.15, 0.2) is 124 Å². The zero-order chi connectivity index (χ0) is 20.1. The lowest BCUT2D eigenvalue weighted by molar-refractivity contribution is 0.0734. The first-order chi connectivity index (χ1) is 14.2. The largest absolute Gasteiger partial charge is 0.423 e. The smallest absolute Gasteiger partial charge is 0.343 e. The molecule has 0 bridgehead atoms. The van der Waals surface area contributed by atoms with Gasteiger partial charge in [-0.15, -0.1) is 0 Å². The Morgan fingerprint density at radius 2 is 1.10 bits per heavy atom. The molecule has 0 spiro atoms. The van der Waals surface area contributed by atoms with Crippen molar-refractivity contribution in [2.24, 2.45) is 0 Å². The highest BCUT2D eigenvalue weighted by Crippen LogP contribution is 2.31. The van der Waals surface area contributed by atoms with Crippen molar-refractivity contribution in [3.05, 3.63) is 118 Å². The Balaban J connectivity index is 1.60. The second-order valence-corrected chi connectivity index (χ2v) is 9.57. The molecule has 0 aliphatic carbocycles. The molecule has 0 aliphatic rings. The summed E-state index contributed by atoms with van der Waals surface area (Å²) >= 11 is 2.22. The predicted molar refractivity (Wildman–Crippen MR) is 126 cm³/mol. The Labute approximate surface area is 187 Å². The van der Waals surface area contributed by atoms with E-state index in [2.05, 4.69) is 71.1 Å². The monoisotopic (exact) mass is 509 g/mol. The molecule has 0 aliphatic heterocycles. The van der Waals surface area contributed by atoms with E-state index in [1.165, 1.54) is 9.79 Å². The topological polar surface area (TPSA) is 26.3 Å². The Hall–Kier alpha value is -2.57. The van der Waals surface area contributed by atoms with Crippen LogP contribution in [-0.4, -0.2) is 5.97 Å². The predicted octanol–water partition coefficient (Wildman–Crippen LogP) is 6.61. The van der Waals surface area contributed by atoms with Crippen LogP contribution in [0.5, 0.6) is 5.75 Å². The van der Waals surface area contributed by atoms with E-state index in [1.807, 2.05) is 48.5 Å². The van der Waals surface area contributed by atoms with Gasteiger partial charge in [0.05, 0.1) is 16.5 Å². The maximum absolute atomic E-state index is 12.5. The maximum Gasteiger partial charge on any atom is 0.343 e. The van der Waals surface area contributed by atoms with Gasteiger partial charge in [0.25, 0.3) is 0 Å². The van der Waals surface area contributed by atoms with E-state index in [0.717, 1.165) is 8.47 Å². The van der Waals surface area contributed by atoms with E-state index in [1.54, 1.807) is 12.1 Å². The third kappa shape index (κ3) is 4.89. The van der Waals surface area contributed by atoms with E-state index in [9.17, 15) is 4.79 Å². The molecule has 0 saturated carbocycles. The van der Waals surface area contributed by atoms with Gasteiger partial charge < -0.3 is 4.74 Å². The third-order valence-electron chi connectivity index (χ3n) is 4.31. The molecule has 4 heteroatoms. The zero-order valence-corrected chi connectivity index (χ0v) is 18.5. The normalized spacial score (nSPS) is 10.7. The van der Waals surface area contributed by atoms with Gasteiger partial charge in [-0.05, 0) is 95.4 Å². The van der Waals surface area contributed by atoms with E-state index in [4.69, 9.17) is 4.74 Å². The van der Waals surface area contributed by atoms with Crippen LogP contribution in [0.4, 0.5) is 0 Å². The molecule has 0 fully saturated rings. The van der Waals surface area contributed by atoms with Crippen molar-refractivity contribution < 1.29 is 9.53 Å². The van der Waals surface area contributed by atoms with Gasteiger partial charge >= 0.3 is 5.97 Å². The highest BCUT2D eigenvalue weighted by Gasteiger charge is 2.28. The Kier molecular flexibility index (Phi) is 6.32. The first-order valence-electron chi connectivity index (χ1n) is 9.13. The summed E-state index contributed by atoms with van der Waals surface area (Å²) in [6.07, 6.45) is 0. The molecule has 2 nitrogen and oxygen atoms in total. The molecule has 0 radical (unpaired) electrons. The second-order valence-electron chi connectivity index (χ2n) is 6.30. The standard InChI is InChI=1S/C25H18IO2S/c26-20-13-15-21(16-14-20)28-25(27)19-11-17-24(18-12-19)29(22-7-3-1-4-8-22)23-9-5-2-6-10-23/h1-18H/q+1. The molecule has 0 N–H and O–H groups in total. The van der Waals surface area contributed by atoms with Crippen molar-refractivity contribution >= 4 is 39.5 Å². The first kappa shape index (κ1) is 19.7. The summed E-state index contributed by atoms with van der Waals surface area (Å²) in [5, 5.41) is 0. The molecule has 0 unspecified atom stereocenters. The van der Waals surface area contributed by atoms with Crippen LogP contribution in [-0.2, 0) is 10.9 Å². The minimum absolute atomic E-state index is 0.230. The van der Waals surface area contributed by atoms with Crippen molar-refractivity contribution in [3.63, 3.8) is 0 Å². The van der Waals surface area contributed by atoms with Crippen molar-refractivity contribution in [1.82, 2.24) is 0 Å². The van der Waals surface area contributed by atoms with Gasteiger partial charge in [0.1, 0.15) is 5.75 Å². The summed E-state index contributed by atoms with van der Waals surface area (Å²) in [5.74, 6) is 0.199. The Bertz CT molecular complexity index is 1040. The summed E-state index contributed by atoms with van der Waals surface area (Å²) < 4.78 is 6.58. The van der Waals surface area contributed by atoms with Crippen molar-refractivity contribution in [2.45, 2.75) is 14.7 Å². The highest BCUT2D eigenvalue weighted by molar-refractivity contribution is 14.1. The van der Waals surface area contributed by atoms with Gasteiger partial charge in [0.15, 0.2) is 14.7 Å². The average Bonchev–Trinajstić information content (AvgIpc) is 2.77. The fourth-order valence-corrected chi connectivity index (χ4v) is 5.36. The van der Waals surface area contributed by atoms with Crippen LogP contribution in [0.2, 0.25) is 0 Å². The van der Waals surface area contributed by atoms with E-state index in [-0.39, 0.29) is 16.9 Å². The molecule has 0 heterocycles. The van der Waals surface area contributed by atoms with Gasteiger partial charge in [-0.1, -0.05) is 36.4 Å². The lowest BCUT2D eigenvalue weighted by atomic mass is 10.2. The number of esters is 1. The summed E-state index contributed by atoms with van der Waals surface area (Å²) in [4.78, 5) is 16.1. The lowest BCUT2D eigenvalue weighted by Gasteiger charge is -2.09. The number of ether oxygens (including phenoxy) is 1. The van der Waals surface area contributed by atoms with Crippen LogP contribution >= 0.6 is 22.6 Å². The molecule has 142 valence electrons. The Morgan fingerprint density at radius 1 is 0.621 bits per heavy atom. The Morgan fingerprint density at radius 3 is 1.62 bits per heavy atom. The number of rotatable bonds is 5. The number of hydrogen-bond donors (Lipinski definition) is 0. The van der Waals surface area contributed by atoms with E-state index >= 15 is 0 Å². The van der Waals surface area contributed by atoms with E-state index in [0.29, 0.717) is 11.3 Å². The van der Waals surface area contributed by atoms with Crippen LogP contribution in [0.1, 0.15) is 10.4 Å². The van der Waals surface area contributed by atoms with Crippen LogP contribution < -0.4 is 4.74 Å². The summed E-state index contributed by atoms with van der Waals surface area (Å²) in [5.41, 5.74) is 0.539. The number of halogens is 1. The second kappa shape index (κ2) is 9.29. The fraction of sp³-hybridized carbons (Fsp3) is 0. The van der Waals surface area contributed by atoms with Crippen LogP contribution in [0.3, 0.4) is 0 Å². The average molecular weight is 509 g/mol. The molecular weight excluding hydrogens is 491 g/mol. The van der Waals surface area contributed by atoms with Gasteiger partial charge in [-0.2, -0.15) is 0 Å². The molecule has 29 heavy (non-hydrogen) atoms. The molecular formula is C25H18IO2S+. The number of hydrogen-bond acceptors (Lipinski definition) is 2. The summed E-state index contributed by atoms with van der Waals surface area (Å²) in [7, 11) is -0.230. The summed E-state index contributed by atoms with van der Waals surface area (Å²) in [6, 6.07) is 36.1. The van der Waals surface area contributed by atoms with Gasteiger partial charge in [-0.3, -0.25) is 0 Å². The van der Waals surface area contributed by atoms with Gasteiger partial charge in [0, 0.05) is 3.57 Å². The molecule has 0 aromatic heterocycles. The van der Waals surface area contributed by atoms with Crippen molar-refractivity contribution in [2.75, 3.05) is 0 Å². The van der Waals surface area contributed by atoms with E-state index < -0.39 is 0 Å². The molecule has 4 rings (SSSR count). The molecule has 4 aromatic rings. The number of carbonyl (C=O) groups is 1. The SMILES string of the molecule is O=C(Oc1ccc(I)cc1)c1ccc([S+](c2ccccc2)c2ccccc2)cc1. The highest BCUT2D eigenvalue weighted by atomic mass is 127. The lowest BCUT2D eigenvalue weighted by Crippen LogP contribution is -2.09. The molecule has 0 amide bonds. The molecule has 0 atom stereocenters. The fourth-order valence-electron chi connectivity index (χ4n) is 2.92. The van der Waals surface area contributed by atoms with Gasteiger partial charge in [-0.25, -0.2) is 4.79 Å². The van der Waals surface area contributed by atoms with Gasteiger partial charge in [0.2, 0.25) is 0 Å². The molecule has 0 saturated heterocycles. The maximum atomic E-state index is 12.5. The molecule has 4 aromatic carbocycles. The minimum Gasteiger partial charge on any atom is -0.423 e.